The largest absolute Gasteiger partial charge is 0.465 e. The molecule has 3 aromatic rings. The van der Waals surface area contributed by atoms with E-state index >= 15 is 0 Å². The highest BCUT2D eigenvalue weighted by Crippen LogP contribution is 2.47. The fourth-order valence-electron chi connectivity index (χ4n) is 4.38. The molecule has 2 atom stereocenters. The quantitative estimate of drug-likeness (QED) is 0.678. The van der Waals surface area contributed by atoms with Crippen molar-refractivity contribution in [1.29, 1.82) is 5.26 Å². The second-order valence-corrected chi connectivity index (χ2v) is 8.30. The average Bonchev–Trinajstić information content (AvgIpc) is 3.21. The van der Waals surface area contributed by atoms with E-state index in [0.717, 1.165) is 0 Å². The Morgan fingerprint density at radius 2 is 2.24 bits per heavy atom. The molecule has 0 bridgehead atoms. The van der Waals surface area contributed by atoms with E-state index < -0.39 is 23.1 Å². The molecule has 1 fully saturated rings. The summed E-state index contributed by atoms with van der Waals surface area (Å²) in [6.07, 6.45) is 4.13. The first-order chi connectivity index (χ1) is 13.7. The summed E-state index contributed by atoms with van der Waals surface area (Å²) in [5.74, 6) is 0.642. The lowest BCUT2D eigenvalue weighted by molar-refractivity contribution is -0.1000. The first kappa shape index (κ1) is 18.7. The highest BCUT2D eigenvalue weighted by molar-refractivity contribution is 5.68. The van der Waals surface area contributed by atoms with Crippen molar-refractivity contribution < 1.29 is 9.90 Å². The number of rotatable bonds is 3. The third-order valence-corrected chi connectivity index (χ3v) is 5.28. The van der Waals surface area contributed by atoms with Gasteiger partial charge >= 0.3 is 6.09 Å². The van der Waals surface area contributed by atoms with Crippen molar-refractivity contribution in [1.82, 2.24) is 34.3 Å². The lowest BCUT2D eigenvalue weighted by Gasteiger charge is -2.60. The van der Waals surface area contributed by atoms with Crippen molar-refractivity contribution in [3.05, 3.63) is 24.7 Å². The van der Waals surface area contributed by atoms with Gasteiger partial charge in [0.15, 0.2) is 11.5 Å². The van der Waals surface area contributed by atoms with Gasteiger partial charge in [0.2, 0.25) is 5.95 Å². The summed E-state index contributed by atoms with van der Waals surface area (Å²) in [5, 5.41) is 27.7. The fourth-order valence-corrected chi connectivity index (χ4v) is 4.38. The first-order valence-corrected chi connectivity index (χ1v) is 9.07. The average molecular weight is 395 g/mol. The standard InChI is InChI=1S/C18H21N9O2/c1-17(2,3)14-18(5-6-19,10-25(14)16(28)29)26-9-11(8-22-26)13-21-7-4-12-23-15(20)24-27(12)13/h4,7-9,14H,5,10H2,1-3H3,(H2,20,24)(H,28,29). The van der Waals surface area contributed by atoms with Crippen LogP contribution in [0.2, 0.25) is 0 Å². The van der Waals surface area contributed by atoms with E-state index in [1.54, 1.807) is 29.3 Å². The number of aromatic nitrogens is 6. The van der Waals surface area contributed by atoms with Crippen molar-refractivity contribution in [3.8, 4) is 17.5 Å². The van der Waals surface area contributed by atoms with Crippen LogP contribution >= 0.6 is 0 Å². The predicted octanol–water partition coefficient (Wildman–Crippen LogP) is 1.59. The second kappa shape index (κ2) is 6.16. The van der Waals surface area contributed by atoms with Gasteiger partial charge in [0.25, 0.3) is 0 Å². The molecule has 3 N–H and O–H groups in total. The van der Waals surface area contributed by atoms with Gasteiger partial charge in [0.1, 0.15) is 5.54 Å². The normalized spacial score (nSPS) is 21.7. The number of carbonyl (C=O) groups is 1. The minimum atomic E-state index is -1.00. The van der Waals surface area contributed by atoms with E-state index in [1.807, 2.05) is 20.8 Å². The molecule has 1 aliphatic rings. The van der Waals surface area contributed by atoms with Crippen LogP contribution in [0, 0.1) is 16.7 Å². The molecule has 0 spiro atoms. The van der Waals surface area contributed by atoms with Gasteiger partial charge in [-0.25, -0.2) is 9.78 Å². The molecule has 2 unspecified atom stereocenters. The third kappa shape index (κ3) is 2.75. The molecule has 1 saturated heterocycles. The Morgan fingerprint density at radius 3 is 2.90 bits per heavy atom. The van der Waals surface area contributed by atoms with Crippen LogP contribution in [-0.2, 0) is 5.54 Å². The number of carboxylic acid groups (broad SMARTS) is 1. The summed E-state index contributed by atoms with van der Waals surface area (Å²) < 4.78 is 3.22. The highest BCUT2D eigenvalue weighted by atomic mass is 16.4. The van der Waals surface area contributed by atoms with E-state index in [0.29, 0.717) is 17.0 Å². The van der Waals surface area contributed by atoms with Gasteiger partial charge in [-0.2, -0.15) is 19.9 Å². The molecule has 1 aliphatic heterocycles. The molecule has 0 aromatic carbocycles. The summed E-state index contributed by atoms with van der Waals surface area (Å²) in [7, 11) is 0. The maximum Gasteiger partial charge on any atom is 0.407 e. The van der Waals surface area contributed by atoms with E-state index in [2.05, 4.69) is 26.2 Å². The van der Waals surface area contributed by atoms with Crippen molar-refractivity contribution in [3.63, 3.8) is 0 Å². The Bertz CT molecular complexity index is 1140. The number of amides is 1. The van der Waals surface area contributed by atoms with Crippen molar-refractivity contribution in [2.45, 2.75) is 38.8 Å². The van der Waals surface area contributed by atoms with Gasteiger partial charge in [-0.05, 0) is 5.41 Å². The summed E-state index contributed by atoms with van der Waals surface area (Å²) in [5.41, 5.74) is 5.77. The van der Waals surface area contributed by atoms with Crippen LogP contribution in [-0.4, -0.2) is 58.0 Å². The Balaban J connectivity index is 1.80. The van der Waals surface area contributed by atoms with E-state index in [4.69, 9.17) is 5.73 Å². The lowest BCUT2D eigenvalue weighted by atomic mass is 9.66. The van der Waals surface area contributed by atoms with E-state index in [9.17, 15) is 15.2 Å². The van der Waals surface area contributed by atoms with Gasteiger partial charge in [-0.15, -0.1) is 5.10 Å². The van der Waals surface area contributed by atoms with Crippen LogP contribution in [0.1, 0.15) is 27.2 Å². The maximum atomic E-state index is 11.7. The molecule has 0 radical (unpaired) electrons. The molecule has 11 nitrogen and oxygen atoms in total. The zero-order chi connectivity index (χ0) is 21.0. The molecule has 3 aromatic heterocycles. The zero-order valence-corrected chi connectivity index (χ0v) is 16.3. The van der Waals surface area contributed by atoms with Crippen LogP contribution in [0.4, 0.5) is 10.7 Å². The minimum absolute atomic E-state index is 0.133. The molecule has 0 saturated carbocycles. The lowest BCUT2D eigenvalue weighted by Crippen LogP contribution is -2.75. The number of nitrogen functional groups attached to an aromatic ring is 1. The molecule has 11 heteroatoms. The highest BCUT2D eigenvalue weighted by Gasteiger charge is 2.61. The molecule has 0 aliphatic carbocycles. The first-order valence-electron chi connectivity index (χ1n) is 9.07. The number of fused-ring (bicyclic) bond motifs is 1. The number of hydrogen-bond acceptors (Lipinski definition) is 7. The minimum Gasteiger partial charge on any atom is -0.465 e. The van der Waals surface area contributed by atoms with Gasteiger partial charge in [0, 0.05) is 18.5 Å². The maximum absolute atomic E-state index is 11.7. The van der Waals surface area contributed by atoms with Gasteiger partial charge < -0.3 is 10.8 Å². The topological polar surface area (TPSA) is 151 Å². The monoisotopic (exact) mass is 395 g/mol. The number of nitrogens with zero attached hydrogens (tertiary/aromatic N) is 8. The number of nitriles is 1. The van der Waals surface area contributed by atoms with Crippen LogP contribution in [0.25, 0.3) is 17.0 Å². The molecular formula is C18H21N9O2. The summed E-state index contributed by atoms with van der Waals surface area (Å²) in [6.45, 7) is 6.07. The predicted molar refractivity (Wildman–Crippen MR) is 103 cm³/mol. The van der Waals surface area contributed by atoms with Crippen LogP contribution in [0.15, 0.2) is 24.7 Å². The Labute approximate surface area is 166 Å². The van der Waals surface area contributed by atoms with Gasteiger partial charge in [-0.1, -0.05) is 20.8 Å². The van der Waals surface area contributed by atoms with Crippen LogP contribution < -0.4 is 5.73 Å². The molecule has 4 heterocycles. The molecule has 150 valence electrons. The fraction of sp³-hybridized carbons (Fsp3) is 0.444. The van der Waals surface area contributed by atoms with E-state index in [-0.39, 0.29) is 18.9 Å². The van der Waals surface area contributed by atoms with Crippen molar-refractivity contribution in [2.75, 3.05) is 12.3 Å². The van der Waals surface area contributed by atoms with E-state index in [1.165, 1.54) is 9.42 Å². The number of hydrogen-bond donors (Lipinski definition) is 2. The number of likely N-dealkylation sites (tertiary alicyclic amines) is 1. The third-order valence-electron chi connectivity index (χ3n) is 5.28. The van der Waals surface area contributed by atoms with Gasteiger partial charge in [-0.3, -0.25) is 9.58 Å². The second-order valence-electron chi connectivity index (χ2n) is 8.30. The Hall–Kier alpha value is -3.68. The SMILES string of the molecule is CC(C)(C)C1N(C(=O)O)CC1(CC#N)n1cc(-c2nccc3nc(N)nn23)cn1. The summed E-state index contributed by atoms with van der Waals surface area (Å²) in [4.78, 5) is 21.6. The zero-order valence-electron chi connectivity index (χ0n) is 16.3. The van der Waals surface area contributed by atoms with Crippen LogP contribution in [0.5, 0.6) is 0 Å². The molecule has 1 amide bonds. The smallest absolute Gasteiger partial charge is 0.407 e. The van der Waals surface area contributed by atoms with Crippen molar-refractivity contribution in [2.24, 2.45) is 5.41 Å². The number of anilines is 1. The Morgan fingerprint density at radius 1 is 1.48 bits per heavy atom. The summed E-state index contributed by atoms with van der Waals surface area (Å²) >= 11 is 0. The van der Waals surface area contributed by atoms with Crippen molar-refractivity contribution >= 4 is 17.7 Å². The van der Waals surface area contributed by atoms with Crippen LogP contribution in [0.3, 0.4) is 0 Å². The molecule has 29 heavy (non-hydrogen) atoms. The summed E-state index contributed by atoms with van der Waals surface area (Å²) in [6, 6.07) is 3.50. The van der Waals surface area contributed by atoms with Gasteiger partial charge in [0.05, 0.1) is 36.8 Å². The molecular weight excluding hydrogens is 374 g/mol. The molecule has 4 rings (SSSR count). The Kier molecular flexibility index (Phi) is 3.97. The number of nitrogens with two attached hydrogens (primary N) is 1.